The van der Waals surface area contributed by atoms with Gasteiger partial charge in [0.1, 0.15) is 0 Å². The molecule has 0 bridgehead atoms. The number of nitrogens with two attached hydrogens (primary N) is 1. The summed E-state index contributed by atoms with van der Waals surface area (Å²) < 4.78 is 1.93. The summed E-state index contributed by atoms with van der Waals surface area (Å²) in [4.78, 5) is 1.20. The molecule has 86 valence electrons. The van der Waals surface area contributed by atoms with E-state index < -0.39 is 0 Å². The SMILES string of the molecule is CC(Cn1cccn1)NCc1sccc1N. The smallest absolute Gasteiger partial charge is 0.0560 e. The van der Waals surface area contributed by atoms with Crippen LogP contribution >= 0.6 is 11.3 Å². The molecule has 1 unspecified atom stereocenters. The summed E-state index contributed by atoms with van der Waals surface area (Å²) in [5, 5.41) is 9.63. The number of nitrogens with one attached hydrogen (secondary N) is 1. The molecule has 0 saturated heterocycles. The van der Waals surface area contributed by atoms with Crippen molar-refractivity contribution in [2.75, 3.05) is 5.73 Å². The van der Waals surface area contributed by atoms with Crippen LogP contribution in [0.3, 0.4) is 0 Å². The van der Waals surface area contributed by atoms with Gasteiger partial charge in [0.05, 0.1) is 6.54 Å². The fourth-order valence-electron chi connectivity index (χ4n) is 1.51. The van der Waals surface area contributed by atoms with E-state index in [4.69, 9.17) is 5.73 Å². The van der Waals surface area contributed by atoms with Gasteiger partial charge in [-0.1, -0.05) is 0 Å². The molecule has 2 aromatic rings. The molecule has 2 rings (SSSR count). The molecule has 0 radical (unpaired) electrons. The Kier molecular flexibility index (Phi) is 3.58. The van der Waals surface area contributed by atoms with E-state index in [9.17, 15) is 0 Å². The summed E-state index contributed by atoms with van der Waals surface area (Å²) in [6.45, 7) is 3.84. The number of rotatable bonds is 5. The Morgan fingerprint density at radius 1 is 1.62 bits per heavy atom. The van der Waals surface area contributed by atoms with Crippen LogP contribution in [0.4, 0.5) is 5.69 Å². The summed E-state index contributed by atoms with van der Waals surface area (Å²) in [6, 6.07) is 4.26. The zero-order valence-electron chi connectivity index (χ0n) is 9.26. The molecule has 2 aromatic heterocycles. The van der Waals surface area contributed by atoms with Gasteiger partial charge in [-0.15, -0.1) is 11.3 Å². The van der Waals surface area contributed by atoms with E-state index in [-0.39, 0.29) is 0 Å². The molecular weight excluding hydrogens is 220 g/mol. The Morgan fingerprint density at radius 3 is 3.12 bits per heavy atom. The number of nitrogens with zero attached hydrogens (tertiary/aromatic N) is 2. The Bertz CT molecular complexity index is 421. The van der Waals surface area contributed by atoms with Gasteiger partial charge in [-0.2, -0.15) is 5.10 Å². The van der Waals surface area contributed by atoms with Gasteiger partial charge in [0.15, 0.2) is 0 Å². The molecule has 0 aliphatic rings. The second-order valence-electron chi connectivity index (χ2n) is 3.81. The van der Waals surface area contributed by atoms with E-state index in [2.05, 4.69) is 17.3 Å². The molecule has 0 saturated carbocycles. The third kappa shape index (κ3) is 2.84. The van der Waals surface area contributed by atoms with Crippen LogP contribution in [-0.2, 0) is 13.1 Å². The highest BCUT2D eigenvalue weighted by Crippen LogP contribution is 2.18. The standard InChI is InChI=1S/C11H16N4S/c1-9(8-15-5-2-4-14-15)13-7-11-10(12)3-6-16-11/h2-6,9,13H,7-8,12H2,1H3. The van der Waals surface area contributed by atoms with Gasteiger partial charge in [-0.3, -0.25) is 4.68 Å². The summed E-state index contributed by atoms with van der Waals surface area (Å²) in [5.41, 5.74) is 6.69. The van der Waals surface area contributed by atoms with Gasteiger partial charge in [0, 0.05) is 35.5 Å². The van der Waals surface area contributed by atoms with E-state index in [0.29, 0.717) is 6.04 Å². The first kappa shape index (κ1) is 11.2. The second-order valence-corrected chi connectivity index (χ2v) is 4.81. The van der Waals surface area contributed by atoms with Gasteiger partial charge < -0.3 is 11.1 Å². The molecule has 3 N–H and O–H groups in total. The average Bonchev–Trinajstić information content (AvgIpc) is 2.87. The lowest BCUT2D eigenvalue weighted by molar-refractivity contribution is 0.452. The average molecular weight is 236 g/mol. The number of thiophene rings is 1. The van der Waals surface area contributed by atoms with Gasteiger partial charge in [0.25, 0.3) is 0 Å². The molecule has 0 aromatic carbocycles. The predicted molar refractivity (Wildman–Crippen MR) is 67.3 cm³/mol. The van der Waals surface area contributed by atoms with Crippen molar-refractivity contribution < 1.29 is 0 Å². The molecule has 0 aliphatic heterocycles. The first-order valence-electron chi connectivity index (χ1n) is 5.28. The maximum absolute atomic E-state index is 5.82. The Balaban J connectivity index is 1.80. The molecule has 0 fully saturated rings. The van der Waals surface area contributed by atoms with Crippen LogP contribution in [0.15, 0.2) is 29.9 Å². The second kappa shape index (κ2) is 5.14. The van der Waals surface area contributed by atoms with Crippen molar-refractivity contribution in [1.82, 2.24) is 15.1 Å². The molecular formula is C11H16N4S. The highest BCUT2D eigenvalue weighted by Gasteiger charge is 2.05. The van der Waals surface area contributed by atoms with Crippen molar-refractivity contribution in [2.24, 2.45) is 0 Å². The molecule has 2 heterocycles. The van der Waals surface area contributed by atoms with Crippen molar-refractivity contribution >= 4 is 17.0 Å². The molecule has 16 heavy (non-hydrogen) atoms. The normalized spacial score (nSPS) is 12.8. The van der Waals surface area contributed by atoms with Crippen LogP contribution in [0.25, 0.3) is 0 Å². The van der Waals surface area contributed by atoms with Crippen LogP contribution in [0, 0.1) is 0 Å². The van der Waals surface area contributed by atoms with Gasteiger partial charge >= 0.3 is 0 Å². The van der Waals surface area contributed by atoms with Crippen molar-refractivity contribution in [3.05, 3.63) is 34.8 Å². The summed E-state index contributed by atoms with van der Waals surface area (Å²) in [7, 11) is 0. The third-order valence-electron chi connectivity index (χ3n) is 2.41. The number of hydrogen-bond acceptors (Lipinski definition) is 4. The number of aromatic nitrogens is 2. The molecule has 5 heteroatoms. The van der Waals surface area contributed by atoms with Crippen molar-refractivity contribution in [1.29, 1.82) is 0 Å². The lowest BCUT2D eigenvalue weighted by Gasteiger charge is -2.13. The van der Waals surface area contributed by atoms with E-state index in [1.54, 1.807) is 17.5 Å². The van der Waals surface area contributed by atoms with E-state index in [0.717, 1.165) is 18.8 Å². The number of nitrogen functional groups attached to an aromatic ring is 1. The zero-order chi connectivity index (χ0) is 11.4. The summed E-state index contributed by atoms with van der Waals surface area (Å²) >= 11 is 1.69. The van der Waals surface area contributed by atoms with Crippen LogP contribution in [0.1, 0.15) is 11.8 Å². The quantitative estimate of drug-likeness (QED) is 0.831. The molecule has 0 spiro atoms. The lowest BCUT2D eigenvalue weighted by atomic mass is 10.3. The van der Waals surface area contributed by atoms with Crippen molar-refractivity contribution in [2.45, 2.75) is 26.1 Å². The fraction of sp³-hybridized carbons (Fsp3) is 0.364. The van der Waals surface area contributed by atoms with Crippen LogP contribution in [0.5, 0.6) is 0 Å². The third-order valence-corrected chi connectivity index (χ3v) is 3.35. The number of anilines is 1. The van der Waals surface area contributed by atoms with Gasteiger partial charge in [-0.05, 0) is 24.4 Å². The monoisotopic (exact) mass is 236 g/mol. The van der Waals surface area contributed by atoms with E-state index in [1.165, 1.54) is 4.88 Å². The van der Waals surface area contributed by atoms with E-state index >= 15 is 0 Å². The Labute approximate surface area is 99.1 Å². The van der Waals surface area contributed by atoms with Gasteiger partial charge in [-0.25, -0.2) is 0 Å². The first-order valence-corrected chi connectivity index (χ1v) is 6.16. The minimum Gasteiger partial charge on any atom is -0.398 e. The maximum Gasteiger partial charge on any atom is 0.0560 e. The zero-order valence-corrected chi connectivity index (χ0v) is 10.1. The van der Waals surface area contributed by atoms with Crippen molar-refractivity contribution in [3.63, 3.8) is 0 Å². The lowest BCUT2D eigenvalue weighted by Crippen LogP contribution is -2.30. The Hall–Kier alpha value is -1.33. The summed E-state index contributed by atoms with van der Waals surface area (Å²) in [6.07, 6.45) is 3.77. The first-order chi connectivity index (χ1) is 7.75. The van der Waals surface area contributed by atoms with Crippen molar-refractivity contribution in [3.8, 4) is 0 Å². The van der Waals surface area contributed by atoms with Crippen LogP contribution < -0.4 is 11.1 Å². The van der Waals surface area contributed by atoms with E-state index in [1.807, 2.05) is 28.4 Å². The topological polar surface area (TPSA) is 55.9 Å². The minimum atomic E-state index is 0.376. The van der Waals surface area contributed by atoms with Crippen LogP contribution in [0.2, 0.25) is 0 Å². The predicted octanol–water partition coefficient (Wildman–Crippen LogP) is 1.71. The highest BCUT2D eigenvalue weighted by molar-refractivity contribution is 7.10. The number of hydrogen-bond donors (Lipinski definition) is 2. The molecule has 0 aliphatic carbocycles. The summed E-state index contributed by atoms with van der Waals surface area (Å²) in [5.74, 6) is 0. The largest absolute Gasteiger partial charge is 0.398 e. The molecule has 4 nitrogen and oxygen atoms in total. The Morgan fingerprint density at radius 2 is 2.50 bits per heavy atom. The maximum atomic E-state index is 5.82. The highest BCUT2D eigenvalue weighted by atomic mass is 32.1. The van der Waals surface area contributed by atoms with Crippen LogP contribution in [-0.4, -0.2) is 15.8 Å². The fourth-order valence-corrected chi connectivity index (χ4v) is 2.26. The molecule has 1 atom stereocenters. The van der Waals surface area contributed by atoms with Gasteiger partial charge in [0.2, 0.25) is 0 Å². The molecule has 0 amide bonds. The minimum absolute atomic E-state index is 0.376.